The van der Waals surface area contributed by atoms with Crippen LogP contribution in [0.25, 0.3) is 23.0 Å². The molecule has 30 heavy (non-hydrogen) atoms. The number of carbonyl (C=O) groups is 1. The summed E-state index contributed by atoms with van der Waals surface area (Å²) < 4.78 is 11.5. The molecule has 9 heteroatoms. The van der Waals surface area contributed by atoms with Crippen LogP contribution in [-0.2, 0) is 11.2 Å². The van der Waals surface area contributed by atoms with E-state index in [1.165, 1.54) is 0 Å². The number of carbonyl (C=O) groups excluding carboxylic acids is 1. The van der Waals surface area contributed by atoms with Crippen LogP contribution < -0.4 is 4.74 Å². The van der Waals surface area contributed by atoms with E-state index < -0.39 is 0 Å². The molecule has 1 aliphatic heterocycles. The number of rotatable bonds is 6. The zero-order valence-corrected chi connectivity index (χ0v) is 16.7. The molecule has 0 radical (unpaired) electrons. The highest BCUT2D eigenvalue weighted by Gasteiger charge is 2.33. The maximum absolute atomic E-state index is 12.3. The molecule has 1 amide bonds. The minimum Gasteiger partial charge on any atom is -0.486 e. The molecule has 0 atom stereocenters. The molecular weight excluding hydrogens is 402 g/mol. The Morgan fingerprint density at radius 3 is 2.93 bits per heavy atom. The van der Waals surface area contributed by atoms with Crippen molar-refractivity contribution in [3.63, 3.8) is 0 Å². The summed E-state index contributed by atoms with van der Waals surface area (Å²) in [6.45, 7) is 1.12. The lowest BCUT2D eigenvalue weighted by atomic mass is 10.1. The van der Waals surface area contributed by atoms with E-state index in [-0.39, 0.29) is 12.0 Å². The third-order valence-electron chi connectivity index (χ3n) is 4.77. The SMILES string of the molecule is O=C(Cc1ccsc1)N1CC(Oc2ccccc2-c2nc(-c3cnccn3)no2)C1. The summed E-state index contributed by atoms with van der Waals surface area (Å²) in [4.78, 5) is 26.8. The Balaban J connectivity index is 1.25. The summed E-state index contributed by atoms with van der Waals surface area (Å²) >= 11 is 1.60. The van der Waals surface area contributed by atoms with Gasteiger partial charge >= 0.3 is 0 Å². The van der Waals surface area contributed by atoms with Gasteiger partial charge in [0.25, 0.3) is 5.89 Å². The van der Waals surface area contributed by atoms with Gasteiger partial charge in [0.15, 0.2) is 0 Å². The van der Waals surface area contributed by atoms with Crippen LogP contribution in [0.5, 0.6) is 5.75 Å². The number of hydrogen-bond donors (Lipinski definition) is 0. The molecule has 8 nitrogen and oxygen atoms in total. The van der Waals surface area contributed by atoms with Crippen molar-refractivity contribution < 1.29 is 14.1 Å². The van der Waals surface area contributed by atoms with Gasteiger partial charge in [0.1, 0.15) is 17.5 Å². The van der Waals surface area contributed by atoms with E-state index >= 15 is 0 Å². The zero-order chi connectivity index (χ0) is 20.3. The van der Waals surface area contributed by atoms with Crippen molar-refractivity contribution >= 4 is 17.2 Å². The van der Waals surface area contributed by atoms with Crippen LogP contribution in [0, 0.1) is 0 Å². The fourth-order valence-electron chi connectivity index (χ4n) is 3.17. The molecule has 1 fully saturated rings. The van der Waals surface area contributed by atoms with Crippen molar-refractivity contribution in [3.05, 3.63) is 65.2 Å². The van der Waals surface area contributed by atoms with Gasteiger partial charge in [-0.25, -0.2) is 4.98 Å². The average Bonchev–Trinajstić information content (AvgIpc) is 3.43. The Hall–Kier alpha value is -3.59. The summed E-state index contributed by atoms with van der Waals surface area (Å²) in [5.74, 6) is 1.46. The van der Waals surface area contributed by atoms with Gasteiger partial charge in [0.05, 0.1) is 31.3 Å². The maximum atomic E-state index is 12.3. The highest BCUT2D eigenvalue weighted by Crippen LogP contribution is 2.31. The molecule has 3 aromatic heterocycles. The third-order valence-corrected chi connectivity index (χ3v) is 5.50. The van der Waals surface area contributed by atoms with Gasteiger partial charge in [-0.15, -0.1) is 0 Å². The lowest BCUT2D eigenvalue weighted by molar-refractivity contribution is -0.139. The number of thiophene rings is 1. The Labute approximate surface area is 176 Å². The van der Waals surface area contributed by atoms with Crippen LogP contribution in [0.2, 0.25) is 0 Å². The third kappa shape index (κ3) is 3.79. The number of benzene rings is 1. The molecule has 0 spiro atoms. The number of nitrogens with zero attached hydrogens (tertiary/aromatic N) is 5. The maximum Gasteiger partial charge on any atom is 0.262 e. The molecule has 4 aromatic rings. The first-order valence-electron chi connectivity index (χ1n) is 9.41. The highest BCUT2D eigenvalue weighted by molar-refractivity contribution is 7.08. The van der Waals surface area contributed by atoms with Crippen LogP contribution in [-0.4, -0.2) is 50.1 Å². The first-order chi connectivity index (χ1) is 14.8. The van der Waals surface area contributed by atoms with E-state index in [1.54, 1.807) is 29.9 Å². The molecule has 1 saturated heterocycles. The lowest BCUT2D eigenvalue weighted by Crippen LogP contribution is -2.56. The van der Waals surface area contributed by atoms with Crippen LogP contribution in [0.15, 0.2) is 64.2 Å². The molecule has 5 rings (SSSR count). The fraction of sp³-hybridized carbons (Fsp3) is 0.190. The van der Waals surface area contributed by atoms with Crippen molar-refractivity contribution in [2.75, 3.05) is 13.1 Å². The smallest absolute Gasteiger partial charge is 0.262 e. The Bertz CT molecular complexity index is 1140. The predicted molar refractivity (Wildman–Crippen MR) is 110 cm³/mol. The molecule has 0 aliphatic carbocycles. The minimum absolute atomic E-state index is 0.0695. The van der Waals surface area contributed by atoms with Crippen LogP contribution in [0.4, 0.5) is 0 Å². The van der Waals surface area contributed by atoms with Crippen molar-refractivity contribution in [2.24, 2.45) is 0 Å². The number of ether oxygens (including phenoxy) is 1. The molecular formula is C21H17N5O3S. The van der Waals surface area contributed by atoms with E-state index in [9.17, 15) is 4.79 Å². The molecule has 150 valence electrons. The molecule has 0 bridgehead atoms. The van der Waals surface area contributed by atoms with Gasteiger partial charge in [-0.3, -0.25) is 9.78 Å². The zero-order valence-electron chi connectivity index (χ0n) is 15.8. The van der Waals surface area contributed by atoms with Crippen molar-refractivity contribution in [1.29, 1.82) is 0 Å². The summed E-state index contributed by atoms with van der Waals surface area (Å²) in [5.41, 5.74) is 2.28. The second-order valence-electron chi connectivity index (χ2n) is 6.86. The summed E-state index contributed by atoms with van der Waals surface area (Å²) in [5, 5.41) is 7.97. The summed E-state index contributed by atoms with van der Waals surface area (Å²) in [6.07, 6.45) is 5.10. The van der Waals surface area contributed by atoms with E-state index in [4.69, 9.17) is 9.26 Å². The number of likely N-dealkylation sites (tertiary alicyclic amines) is 1. The van der Waals surface area contributed by atoms with Gasteiger partial charge in [-0.2, -0.15) is 16.3 Å². The topological polar surface area (TPSA) is 94.2 Å². The van der Waals surface area contributed by atoms with E-state index in [1.807, 2.05) is 46.0 Å². The van der Waals surface area contributed by atoms with Gasteiger partial charge < -0.3 is 14.2 Å². The van der Waals surface area contributed by atoms with Crippen LogP contribution >= 0.6 is 11.3 Å². The van der Waals surface area contributed by atoms with Crippen LogP contribution in [0.1, 0.15) is 5.56 Å². The second kappa shape index (κ2) is 8.03. The standard InChI is InChI=1S/C21H17N5O3S/c27-19(9-14-5-8-30-13-14)26-11-15(12-26)28-18-4-2-1-3-16(18)21-24-20(25-29-21)17-10-22-6-7-23-17/h1-8,10,13,15H,9,11-12H2. The van der Waals surface area contributed by atoms with Crippen molar-refractivity contribution in [1.82, 2.24) is 25.0 Å². The lowest BCUT2D eigenvalue weighted by Gasteiger charge is -2.39. The predicted octanol–water partition coefficient (Wildman–Crippen LogP) is 3.09. The average molecular weight is 419 g/mol. The van der Waals surface area contributed by atoms with Crippen LogP contribution in [0.3, 0.4) is 0 Å². The second-order valence-corrected chi connectivity index (χ2v) is 7.64. The largest absolute Gasteiger partial charge is 0.486 e. The van der Waals surface area contributed by atoms with Gasteiger partial charge in [0, 0.05) is 12.4 Å². The highest BCUT2D eigenvalue weighted by atomic mass is 32.1. The number of para-hydroxylation sites is 1. The molecule has 1 aromatic carbocycles. The van der Waals surface area contributed by atoms with E-state index in [0.29, 0.717) is 48.2 Å². The van der Waals surface area contributed by atoms with Gasteiger partial charge in [-0.05, 0) is 34.5 Å². The van der Waals surface area contributed by atoms with E-state index in [0.717, 1.165) is 5.56 Å². The normalized spacial score (nSPS) is 13.8. The number of aromatic nitrogens is 4. The first-order valence-corrected chi connectivity index (χ1v) is 10.4. The van der Waals surface area contributed by atoms with Gasteiger partial charge in [0.2, 0.25) is 11.7 Å². The van der Waals surface area contributed by atoms with Gasteiger partial charge in [-0.1, -0.05) is 17.3 Å². The summed E-state index contributed by atoms with van der Waals surface area (Å²) in [7, 11) is 0. The van der Waals surface area contributed by atoms with E-state index in [2.05, 4.69) is 20.1 Å². The van der Waals surface area contributed by atoms with Crippen molar-refractivity contribution in [3.8, 4) is 28.7 Å². The molecule has 1 aliphatic rings. The van der Waals surface area contributed by atoms with Crippen molar-refractivity contribution in [2.45, 2.75) is 12.5 Å². The quantitative estimate of drug-likeness (QED) is 0.474. The fourth-order valence-corrected chi connectivity index (χ4v) is 3.84. The summed E-state index contributed by atoms with van der Waals surface area (Å²) in [6, 6.07) is 9.47. The number of amides is 1. The molecule has 0 saturated carbocycles. The molecule has 0 unspecified atom stereocenters. The number of hydrogen-bond acceptors (Lipinski definition) is 8. The first kappa shape index (κ1) is 18.4. The Kier molecular flexibility index (Phi) is 4.94. The molecule has 0 N–H and O–H groups in total. The Morgan fingerprint density at radius 1 is 1.23 bits per heavy atom. The Morgan fingerprint density at radius 2 is 2.13 bits per heavy atom. The molecule has 4 heterocycles. The minimum atomic E-state index is -0.0695. The monoisotopic (exact) mass is 419 g/mol.